The Bertz CT molecular complexity index is 906. The molecule has 2 aromatic carbocycles. The molecule has 0 radical (unpaired) electrons. The highest BCUT2D eigenvalue weighted by molar-refractivity contribution is 8.26. The van der Waals surface area contributed by atoms with Crippen LogP contribution in [-0.2, 0) is 11.0 Å². The number of carbonyl (C=O) groups excluding carboxylic acids is 1. The first-order valence-corrected chi connectivity index (χ1v) is 8.18. The van der Waals surface area contributed by atoms with E-state index in [-0.39, 0.29) is 11.5 Å². The van der Waals surface area contributed by atoms with Crippen molar-refractivity contribution in [3.63, 3.8) is 0 Å². The van der Waals surface area contributed by atoms with Crippen molar-refractivity contribution in [2.24, 2.45) is 0 Å². The standard InChI is InChI=1S/C17H9F4NOS2/c18-13-5-4-11(8-12(13)17(19,20)21)10-3-1-2-9(6-10)7-14-15(23)22-16(24)25-14/h1-8H,(H,22,23,24). The number of halogens is 4. The van der Waals surface area contributed by atoms with Gasteiger partial charge in [0, 0.05) is 0 Å². The Labute approximate surface area is 149 Å². The van der Waals surface area contributed by atoms with Crippen molar-refractivity contribution in [3.8, 4) is 11.1 Å². The molecule has 1 N–H and O–H groups in total. The van der Waals surface area contributed by atoms with Crippen LogP contribution in [0.25, 0.3) is 17.2 Å². The Balaban J connectivity index is 1.99. The van der Waals surface area contributed by atoms with E-state index in [1.807, 2.05) is 0 Å². The molecule has 0 aromatic heterocycles. The lowest BCUT2D eigenvalue weighted by Gasteiger charge is -2.10. The minimum atomic E-state index is -4.77. The van der Waals surface area contributed by atoms with E-state index in [1.54, 1.807) is 30.3 Å². The van der Waals surface area contributed by atoms with Gasteiger partial charge in [-0.05, 0) is 41.0 Å². The van der Waals surface area contributed by atoms with Gasteiger partial charge in [0.15, 0.2) is 0 Å². The summed E-state index contributed by atoms with van der Waals surface area (Å²) >= 11 is 6.01. The number of alkyl halides is 3. The van der Waals surface area contributed by atoms with Gasteiger partial charge >= 0.3 is 6.18 Å². The molecule has 0 atom stereocenters. The molecule has 0 aliphatic carbocycles. The molecule has 1 fully saturated rings. The van der Waals surface area contributed by atoms with Gasteiger partial charge in [-0.1, -0.05) is 48.2 Å². The maximum absolute atomic E-state index is 13.4. The zero-order chi connectivity index (χ0) is 18.2. The fourth-order valence-electron chi connectivity index (χ4n) is 2.30. The maximum Gasteiger partial charge on any atom is 0.419 e. The fraction of sp³-hybridized carbons (Fsp3) is 0.0588. The lowest BCUT2D eigenvalue weighted by atomic mass is 10.0. The summed E-state index contributed by atoms with van der Waals surface area (Å²) in [6.07, 6.45) is -3.18. The summed E-state index contributed by atoms with van der Waals surface area (Å²) in [5.74, 6) is -1.64. The number of thioether (sulfide) groups is 1. The molecular weight excluding hydrogens is 374 g/mol. The normalized spacial score (nSPS) is 16.4. The summed E-state index contributed by atoms with van der Waals surface area (Å²) in [4.78, 5) is 12.1. The highest BCUT2D eigenvalue weighted by atomic mass is 32.2. The predicted molar refractivity (Wildman–Crippen MR) is 93.1 cm³/mol. The third-order valence-electron chi connectivity index (χ3n) is 3.43. The predicted octanol–water partition coefficient (Wildman–Crippen LogP) is 5.00. The van der Waals surface area contributed by atoms with Crippen LogP contribution in [-0.4, -0.2) is 10.2 Å². The second kappa shape index (κ2) is 6.61. The zero-order valence-corrected chi connectivity index (χ0v) is 14.0. The van der Waals surface area contributed by atoms with Crippen molar-refractivity contribution in [1.29, 1.82) is 0 Å². The van der Waals surface area contributed by atoms with Crippen LogP contribution in [0.3, 0.4) is 0 Å². The van der Waals surface area contributed by atoms with Crippen LogP contribution in [0.1, 0.15) is 11.1 Å². The van der Waals surface area contributed by atoms with Gasteiger partial charge in [0.05, 0.1) is 10.5 Å². The molecule has 2 aromatic rings. The Morgan fingerprint density at radius 1 is 1.08 bits per heavy atom. The summed E-state index contributed by atoms with van der Waals surface area (Å²) < 4.78 is 52.4. The molecule has 1 heterocycles. The van der Waals surface area contributed by atoms with Gasteiger partial charge in [0.1, 0.15) is 10.1 Å². The molecular formula is C17H9F4NOS2. The molecule has 128 valence electrons. The number of thiocarbonyl (C=S) groups is 1. The van der Waals surface area contributed by atoms with E-state index < -0.39 is 17.6 Å². The second-order valence-electron chi connectivity index (χ2n) is 5.17. The van der Waals surface area contributed by atoms with Crippen molar-refractivity contribution in [3.05, 3.63) is 64.3 Å². The Hall–Kier alpha value is -2.19. The lowest BCUT2D eigenvalue weighted by molar-refractivity contribution is -0.139. The number of amides is 1. The minimum Gasteiger partial charge on any atom is -0.307 e. The summed E-state index contributed by atoms with van der Waals surface area (Å²) in [5.41, 5.74) is 0.0152. The number of nitrogens with one attached hydrogen (secondary N) is 1. The van der Waals surface area contributed by atoms with Crippen molar-refractivity contribution in [2.45, 2.75) is 6.18 Å². The first-order chi connectivity index (χ1) is 11.7. The van der Waals surface area contributed by atoms with Crippen LogP contribution in [0.4, 0.5) is 17.6 Å². The number of hydrogen-bond acceptors (Lipinski definition) is 3. The van der Waals surface area contributed by atoms with E-state index in [4.69, 9.17) is 12.2 Å². The fourth-order valence-corrected chi connectivity index (χ4v) is 3.35. The summed E-state index contributed by atoms with van der Waals surface area (Å²) in [6, 6.07) is 9.43. The van der Waals surface area contributed by atoms with Crippen LogP contribution in [0.5, 0.6) is 0 Å². The van der Waals surface area contributed by atoms with E-state index in [1.165, 1.54) is 6.07 Å². The smallest absolute Gasteiger partial charge is 0.307 e. The van der Waals surface area contributed by atoms with E-state index in [9.17, 15) is 22.4 Å². The van der Waals surface area contributed by atoms with Crippen molar-refractivity contribution in [2.75, 3.05) is 0 Å². The van der Waals surface area contributed by atoms with Gasteiger partial charge in [-0.2, -0.15) is 13.2 Å². The van der Waals surface area contributed by atoms with Crippen LogP contribution in [0, 0.1) is 5.82 Å². The van der Waals surface area contributed by atoms with Crippen LogP contribution >= 0.6 is 24.0 Å². The average molecular weight is 383 g/mol. The number of benzene rings is 2. The zero-order valence-electron chi connectivity index (χ0n) is 12.4. The quantitative estimate of drug-likeness (QED) is 0.450. The van der Waals surface area contributed by atoms with E-state index in [2.05, 4.69) is 5.32 Å². The van der Waals surface area contributed by atoms with Gasteiger partial charge in [0.2, 0.25) is 0 Å². The summed E-state index contributed by atoms with van der Waals surface area (Å²) in [6.45, 7) is 0. The molecule has 0 saturated carbocycles. The van der Waals surface area contributed by atoms with E-state index in [0.717, 1.165) is 23.9 Å². The molecule has 8 heteroatoms. The molecule has 0 spiro atoms. The van der Waals surface area contributed by atoms with Crippen LogP contribution < -0.4 is 5.32 Å². The third-order valence-corrected chi connectivity index (χ3v) is 4.59. The molecule has 2 nitrogen and oxygen atoms in total. The van der Waals surface area contributed by atoms with Crippen LogP contribution in [0.15, 0.2) is 47.4 Å². The van der Waals surface area contributed by atoms with Crippen LogP contribution in [0.2, 0.25) is 0 Å². The largest absolute Gasteiger partial charge is 0.419 e. The van der Waals surface area contributed by atoms with Gasteiger partial charge < -0.3 is 5.32 Å². The van der Waals surface area contributed by atoms with E-state index in [0.29, 0.717) is 20.4 Å². The molecule has 3 rings (SSSR count). The van der Waals surface area contributed by atoms with Crippen molar-refractivity contribution in [1.82, 2.24) is 5.32 Å². The SMILES string of the molecule is O=C1NC(=S)SC1=Cc1cccc(-c2ccc(F)c(C(F)(F)F)c2)c1. The van der Waals surface area contributed by atoms with E-state index >= 15 is 0 Å². The van der Waals surface area contributed by atoms with Gasteiger partial charge in [-0.15, -0.1) is 0 Å². The van der Waals surface area contributed by atoms with Crippen molar-refractivity contribution >= 4 is 40.3 Å². The van der Waals surface area contributed by atoms with Gasteiger partial charge in [0.25, 0.3) is 5.91 Å². The highest BCUT2D eigenvalue weighted by Gasteiger charge is 2.34. The second-order valence-corrected chi connectivity index (χ2v) is 6.89. The first-order valence-electron chi connectivity index (χ1n) is 6.96. The Morgan fingerprint density at radius 3 is 2.44 bits per heavy atom. The molecule has 0 bridgehead atoms. The number of rotatable bonds is 2. The Morgan fingerprint density at radius 2 is 1.80 bits per heavy atom. The minimum absolute atomic E-state index is 0.230. The Kier molecular flexibility index (Phi) is 4.66. The number of carbonyl (C=O) groups is 1. The summed E-state index contributed by atoms with van der Waals surface area (Å²) in [7, 11) is 0. The first kappa shape index (κ1) is 17.6. The molecule has 1 aliphatic rings. The number of hydrogen-bond donors (Lipinski definition) is 1. The lowest BCUT2D eigenvalue weighted by Crippen LogP contribution is -2.17. The molecule has 1 saturated heterocycles. The molecule has 25 heavy (non-hydrogen) atoms. The van der Waals surface area contributed by atoms with Gasteiger partial charge in [-0.3, -0.25) is 4.79 Å². The van der Waals surface area contributed by atoms with Gasteiger partial charge in [-0.25, -0.2) is 4.39 Å². The maximum atomic E-state index is 13.4. The molecule has 1 aliphatic heterocycles. The topological polar surface area (TPSA) is 29.1 Å². The van der Waals surface area contributed by atoms with Crippen molar-refractivity contribution < 1.29 is 22.4 Å². The third kappa shape index (κ3) is 3.91. The summed E-state index contributed by atoms with van der Waals surface area (Å²) in [5, 5.41) is 2.48. The highest BCUT2D eigenvalue weighted by Crippen LogP contribution is 2.34. The molecule has 0 unspecified atom stereocenters. The molecule has 1 amide bonds. The monoisotopic (exact) mass is 383 g/mol. The average Bonchev–Trinajstić information content (AvgIpc) is 2.84.